The summed E-state index contributed by atoms with van der Waals surface area (Å²) in [6.07, 6.45) is 0. The number of aromatic nitrogens is 1. The molecule has 166 valence electrons. The highest BCUT2D eigenvalue weighted by atomic mass is 32.2. The summed E-state index contributed by atoms with van der Waals surface area (Å²) in [7, 11) is -3.82. The Morgan fingerprint density at radius 2 is 1.64 bits per heavy atom. The highest BCUT2D eigenvalue weighted by Crippen LogP contribution is 2.44. The maximum Gasteiger partial charge on any atom is 0.261 e. The molecular formula is C25H20N2O3S3. The number of thiazole rings is 1. The van der Waals surface area contributed by atoms with Crippen molar-refractivity contribution in [3.8, 4) is 5.75 Å². The molecule has 0 saturated heterocycles. The van der Waals surface area contributed by atoms with E-state index in [2.05, 4.69) is 9.71 Å². The second-order valence-corrected chi connectivity index (χ2v) is 11.7. The van der Waals surface area contributed by atoms with Crippen molar-refractivity contribution >= 4 is 59.8 Å². The molecule has 0 saturated carbocycles. The van der Waals surface area contributed by atoms with Crippen LogP contribution in [0.4, 0.5) is 5.69 Å². The molecular weight excluding hydrogens is 472 g/mol. The van der Waals surface area contributed by atoms with Crippen LogP contribution in [0.1, 0.15) is 11.1 Å². The number of fused-ring (bicyclic) bond motifs is 2. The van der Waals surface area contributed by atoms with Gasteiger partial charge in [-0.05, 0) is 55.3 Å². The number of nitrogens with one attached hydrogen (secondary N) is 1. The summed E-state index contributed by atoms with van der Waals surface area (Å²) in [4.78, 5) is 5.36. The average molecular weight is 493 g/mol. The molecule has 0 aliphatic rings. The zero-order chi connectivity index (χ0) is 23.2. The number of nitrogens with zero attached hydrogens (tertiary/aromatic N) is 1. The maximum absolute atomic E-state index is 13.2. The summed E-state index contributed by atoms with van der Waals surface area (Å²) in [5, 5.41) is 12.2. The third-order valence-electron chi connectivity index (χ3n) is 5.49. The number of phenols is 1. The Hall–Kier alpha value is -3.07. The predicted molar refractivity (Wildman–Crippen MR) is 136 cm³/mol. The van der Waals surface area contributed by atoms with Gasteiger partial charge in [0.1, 0.15) is 5.75 Å². The van der Waals surface area contributed by atoms with Crippen LogP contribution in [-0.4, -0.2) is 18.5 Å². The van der Waals surface area contributed by atoms with Crippen molar-refractivity contribution in [3.05, 3.63) is 83.9 Å². The van der Waals surface area contributed by atoms with E-state index in [1.165, 1.54) is 23.1 Å². The molecule has 0 fully saturated rings. The highest BCUT2D eigenvalue weighted by Gasteiger charge is 2.20. The van der Waals surface area contributed by atoms with E-state index in [0.717, 1.165) is 25.7 Å². The summed E-state index contributed by atoms with van der Waals surface area (Å²) in [5.74, 6) is 0.101. The summed E-state index contributed by atoms with van der Waals surface area (Å²) < 4.78 is 30.9. The van der Waals surface area contributed by atoms with Crippen LogP contribution in [0.5, 0.6) is 5.75 Å². The van der Waals surface area contributed by atoms with E-state index >= 15 is 0 Å². The highest BCUT2D eigenvalue weighted by molar-refractivity contribution is 8.01. The number of hydrogen-bond donors (Lipinski definition) is 2. The second-order valence-electron chi connectivity index (χ2n) is 7.72. The minimum absolute atomic E-state index is 0.101. The van der Waals surface area contributed by atoms with E-state index in [1.807, 2.05) is 50.2 Å². The minimum Gasteiger partial charge on any atom is -0.506 e. The molecule has 33 heavy (non-hydrogen) atoms. The first-order valence-electron chi connectivity index (χ1n) is 10.2. The summed E-state index contributed by atoms with van der Waals surface area (Å²) in [5.41, 5.74) is 3.23. The molecule has 0 aliphatic heterocycles. The van der Waals surface area contributed by atoms with Crippen molar-refractivity contribution in [2.75, 3.05) is 4.72 Å². The third kappa shape index (κ3) is 4.17. The van der Waals surface area contributed by atoms with Crippen molar-refractivity contribution in [2.45, 2.75) is 28.0 Å². The largest absolute Gasteiger partial charge is 0.506 e. The van der Waals surface area contributed by atoms with Gasteiger partial charge in [-0.15, -0.1) is 11.3 Å². The number of benzene rings is 4. The third-order valence-corrected chi connectivity index (χ3v) is 8.98. The molecule has 1 aromatic heterocycles. The van der Waals surface area contributed by atoms with Gasteiger partial charge in [-0.3, -0.25) is 4.72 Å². The number of sulfonamides is 1. The number of rotatable bonds is 5. The van der Waals surface area contributed by atoms with Gasteiger partial charge in [0.25, 0.3) is 10.0 Å². The number of anilines is 1. The molecule has 5 nitrogen and oxygen atoms in total. The molecule has 0 unspecified atom stereocenters. The monoisotopic (exact) mass is 492 g/mol. The van der Waals surface area contributed by atoms with Gasteiger partial charge in [0, 0.05) is 10.8 Å². The fourth-order valence-corrected chi connectivity index (χ4v) is 6.84. The lowest BCUT2D eigenvalue weighted by atomic mass is 10.1. The Kier molecular flexibility index (Phi) is 5.52. The Balaban J connectivity index is 1.59. The lowest BCUT2D eigenvalue weighted by Crippen LogP contribution is -2.13. The maximum atomic E-state index is 13.2. The topological polar surface area (TPSA) is 79.3 Å². The molecule has 1 heterocycles. The molecule has 0 bridgehead atoms. The second kappa shape index (κ2) is 8.37. The first kappa shape index (κ1) is 21.8. The van der Waals surface area contributed by atoms with Crippen LogP contribution in [0.25, 0.3) is 21.0 Å². The van der Waals surface area contributed by atoms with Crippen molar-refractivity contribution in [3.63, 3.8) is 0 Å². The Morgan fingerprint density at radius 3 is 2.39 bits per heavy atom. The number of aromatic hydroxyl groups is 1. The Labute approximate surface area is 200 Å². The van der Waals surface area contributed by atoms with Crippen LogP contribution in [0.2, 0.25) is 0 Å². The van der Waals surface area contributed by atoms with Crippen LogP contribution in [0, 0.1) is 13.8 Å². The van der Waals surface area contributed by atoms with E-state index in [-0.39, 0.29) is 10.6 Å². The van der Waals surface area contributed by atoms with E-state index in [0.29, 0.717) is 21.4 Å². The van der Waals surface area contributed by atoms with Crippen LogP contribution >= 0.6 is 23.1 Å². The van der Waals surface area contributed by atoms with Gasteiger partial charge in [0.2, 0.25) is 0 Å². The van der Waals surface area contributed by atoms with Crippen LogP contribution in [0.15, 0.2) is 86.9 Å². The SMILES string of the molecule is Cc1ccc(S(=O)(=O)Nc2cc(Sc3nc4ccccc4s3)c(O)c3ccccc23)cc1C. The molecule has 0 radical (unpaired) electrons. The minimum atomic E-state index is -3.82. The number of para-hydroxylation sites is 1. The van der Waals surface area contributed by atoms with E-state index in [1.54, 1.807) is 36.4 Å². The first-order chi connectivity index (χ1) is 15.8. The molecule has 4 aromatic carbocycles. The van der Waals surface area contributed by atoms with E-state index < -0.39 is 10.0 Å². The normalized spacial score (nSPS) is 11.8. The van der Waals surface area contributed by atoms with Crippen LogP contribution in [-0.2, 0) is 10.0 Å². The number of phenolic OH excluding ortho intramolecular Hbond substituents is 1. The van der Waals surface area contributed by atoms with Gasteiger partial charge < -0.3 is 5.11 Å². The van der Waals surface area contributed by atoms with Crippen molar-refractivity contribution in [1.82, 2.24) is 4.98 Å². The predicted octanol–water partition coefficient (Wildman–Crippen LogP) is 6.72. The van der Waals surface area contributed by atoms with Gasteiger partial charge in [-0.25, -0.2) is 13.4 Å². The van der Waals surface area contributed by atoms with Crippen molar-refractivity contribution < 1.29 is 13.5 Å². The number of aryl methyl sites for hydroxylation is 2. The summed E-state index contributed by atoms with van der Waals surface area (Å²) in [6.45, 7) is 3.83. The molecule has 0 aliphatic carbocycles. The van der Waals surface area contributed by atoms with Crippen molar-refractivity contribution in [1.29, 1.82) is 0 Å². The molecule has 8 heteroatoms. The van der Waals surface area contributed by atoms with Gasteiger partial charge in [0.15, 0.2) is 4.34 Å². The molecule has 0 amide bonds. The quantitative estimate of drug-likeness (QED) is 0.266. The van der Waals surface area contributed by atoms with Gasteiger partial charge in [-0.1, -0.05) is 54.2 Å². The molecule has 0 spiro atoms. The molecule has 5 rings (SSSR count). The molecule has 0 atom stereocenters. The molecule has 5 aromatic rings. The zero-order valence-electron chi connectivity index (χ0n) is 17.9. The summed E-state index contributed by atoms with van der Waals surface area (Å²) >= 11 is 2.84. The standard InChI is InChI=1S/C25H20N2O3S3/c1-15-11-12-17(13-16(15)2)33(29,30)27-21-14-23(24(28)19-8-4-3-7-18(19)21)32-25-26-20-9-5-6-10-22(20)31-25/h3-14,27-28H,1-2H3. The van der Waals surface area contributed by atoms with Gasteiger partial charge >= 0.3 is 0 Å². The van der Waals surface area contributed by atoms with Gasteiger partial charge in [0.05, 0.1) is 25.7 Å². The van der Waals surface area contributed by atoms with Crippen molar-refractivity contribution in [2.24, 2.45) is 0 Å². The number of hydrogen-bond acceptors (Lipinski definition) is 6. The first-order valence-corrected chi connectivity index (χ1v) is 13.3. The Morgan fingerprint density at radius 1 is 0.909 bits per heavy atom. The van der Waals surface area contributed by atoms with E-state index in [4.69, 9.17) is 0 Å². The lowest BCUT2D eigenvalue weighted by Gasteiger charge is -2.15. The fourth-order valence-electron chi connectivity index (χ4n) is 3.57. The molecule has 2 N–H and O–H groups in total. The van der Waals surface area contributed by atoms with Crippen LogP contribution < -0.4 is 4.72 Å². The zero-order valence-corrected chi connectivity index (χ0v) is 20.3. The van der Waals surface area contributed by atoms with Gasteiger partial charge in [-0.2, -0.15) is 0 Å². The van der Waals surface area contributed by atoms with Crippen LogP contribution in [0.3, 0.4) is 0 Å². The fraction of sp³-hybridized carbons (Fsp3) is 0.0800. The van der Waals surface area contributed by atoms with E-state index in [9.17, 15) is 13.5 Å². The smallest absolute Gasteiger partial charge is 0.261 e. The lowest BCUT2D eigenvalue weighted by molar-refractivity contribution is 0.469. The summed E-state index contributed by atoms with van der Waals surface area (Å²) in [6, 6.07) is 21.8. The average Bonchev–Trinajstić information content (AvgIpc) is 3.21. The Bertz CT molecular complexity index is 1590.